The summed E-state index contributed by atoms with van der Waals surface area (Å²) in [5, 5.41) is 24.8. The number of aliphatic hydroxyl groups excluding tert-OH is 1. The molecule has 1 saturated heterocycles. The van der Waals surface area contributed by atoms with Crippen LogP contribution in [0.25, 0.3) is 0 Å². The number of phenolic OH excluding ortho intramolecular Hbond substituents is 1. The van der Waals surface area contributed by atoms with Gasteiger partial charge in [0.1, 0.15) is 5.75 Å². The first-order valence-electron chi connectivity index (χ1n) is 7.94. The van der Waals surface area contributed by atoms with Gasteiger partial charge >= 0.3 is 6.03 Å². The third kappa shape index (κ3) is 6.05. The summed E-state index contributed by atoms with van der Waals surface area (Å²) >= 11 is 0. The van der Waals surface area contributed by atoms with Crippen molar-refractivity contribution in [2.75, 3.05) is 52.9 Å². The molecule has 1 fully saturated rings. The molecule has 128 valence electrons. The fourth-order valence-corrected chi connectivity index (χ4v) is 2.50. The van der Waals surface area contributed by atoms with E-state index in [4.69, 9.17) is 0 Å². The highest BCUT2D eigenvalue weighted by Crippen LogP contribution is 2.17. The normalized spacial score (nSPS) is 17.7. The number of piperazine rings is 1. The van der Waals surface area contributed by atoms with Gasteiger partial charge in [-0.15, -0.1) is 0 Å². The molecule has 1 aromatic rings. The van der Waals surface area contributed by atoms with E-state index in [1.165, 1.54) is 12.1 Å². The number of aromatic hydroxyl groups is 1. The van der Waals surface area contributed by atoms with Crippen molar-refractivity contribution in [1.29, 1.82) is 0 Å². The minimum atomic E-state index is -0.842. The third-order valence-corrected chi connectivity index (χ3v) is 4.02. The molecule has 0 saturated carbocycles. The molecule has 0 bridgehead atoms. The molecule has 2 amide bonds. The number of hydrogen-bond donors (Lipinski definition) is 4. The highest BCUT2D eigenvalue weighted by atomic mass is 16.3. The zero-order valence-corrected chi connectivity index (χ0v) is 13.5. The van der Waals surface area contributed by atoms with E-state index in [0.717, 1.165) is 32.7 Å². The van der Waals surface area contributed by atoms with Crippen molar-refractivity contribution in [3.8, 4) is 5.75 Å². The molecular formula is C16H26N4O3. The number of carbonyl (C=O) groups excluding carboxylic acids is 1. The molecule has 4 N–H and O–H groups in total. The Labute approximate surface area is 136 Å². The molecule has 0 unspecified atom stereocenters. The van der Waals surface area contributed by atoms with Crippen LogP contribution in [0.2, 0.25) is 0 Å². The summed E-state index contributed by atoms with van der Waals surface area (Å²) in [6, 6.07) is 6.09. The molecule has 1 atom stereocenters. The molecule has 0 aromatic heterocycles. The van der Waals surface area contributed by atoms with Gasteiger partial charge in [0.25, 0.3) is 0 Å². The summed E-state index contributed by atoms with van der Waals surface area (Å²) in [7, 11) is 2.11. The maximum atomic E-state index is 11.7. The van der Waals surface area contributed by atoms with Crippen molar-refractivity contribution in [1.82, 2.24) is 20.4 Å². The topological polar surface area (TPSA) is 88.1 Å². The van der Waals surface area contributed by atoms with E-state index in [1.54, 1.807) is 12.1 Å². The third-order valence-electron chi connectivity index (χ3n) is 4.02. The summed E-state index contributed by atoms with van der Waals surface area (Å²) in [5.41, 5.74) is 0.572. The number of rotatable bonds is 6. The number of amides is 2. The number of nitrogens with zero attached hydrogens (tertiary/aromatic N) is 2. The van der Waals surface area contributed by atoms with Crippen molar-refractivity contribution >= 4 is 6.03 Å². The fraction of sp³-hybridized carbons (Fsp3) is 0.562. The van der Waals surface area contributed by atoms with E-state index in [0.29, 0.717) is 12.1 Å². The summed E-state index contributed by atoms with van der Waals surface area (Å²) in [6.07, 6.45) is -0.842. The number of likely N-dealkylation sites (N-methyl/N-ethyl adjacent to an activating group) is 1. The highest BCUT2D eigenvalue weighted by Gasteiger charge is 2.14. The second kappa shape index (κ2) is 8.71. The molecule has 1 aliphatic rings. The Balaban J connectivity index is 1.61. The van der Waals surface area contributed by atoms with Gasteiger partial charge in [-0.3, -0.25) is 4.90 Å². The molecule has 1 heterocycles. The first kappa shape index (κ1) is 17.5. The lowest BCUT2D eigenvalue weighted by atomic mass is 10.1. The van der Waals surface area contributed by atoms with Crippen LogP contribution in [0.15, 0.2) is 24.3 Å². The summed E-state index contributed by atoms with van der Waals surface area (Å²) in [6.45, 7) is 5.68. The minimum absolute atomic E-state index is 0.0955. The Morgan fingerprint density at radius 2 is 2.00 bits per heavy atom. The van der Waals surface area contributed by atoms with Crippen LogP contribution in [0.4, 0.5) is 4.79 Å². The van der Waals surface area contributed by atoms with Gasteiger partial charge in [-0.05, 0) is 24.7 Å². The predicted molar refractivity (Wildman–Crippen MR) is 88.4 cm³/mol. The Bertz CT molecular complexity index is 504. The number of nitrogens with one attached hydrogen (secondary N) is 2. The first-order valence-corrected chi connectivity index (χ1v) is 7.94. The molecule has 23 heavy (non-hydrogen) atoms. The zero-order valence-electron chi connectivity index (χ0n) is 13.5. The monoisotopic (exact) mass is 322 g/mol. The Kier molecular flexibility index (Phi) is 6.64. The van der Waals surface area contributed by atoms with Gasteiger partial charge in [0, 0.05) is 45.8 Å². The molecule has 0 radical (unpaired) electrons. The molecule has 0 aliphatic carbocycles. The SMILES string of the molecule is CN1CCN(CCNC(=O)NC[C@H](O)c2cccc(O)c2)CC1. The average Bonchev–Trinajstić information content (AvgIpc) is 2.54. The Morgan fingerprint density at radius 1 is 1.26 bits per heavy atom. The van der Waals surface area contributed by atoms with Crippen LogP contribution in [-0.2, 0) is 0 Å². The lowest BCUT2D eigenvalue weighted by Crippen LogP contribution is -2.48. The average molecular weight is 322 g/mol. The van der Waals surface area contributed by atoms with Gasteiger partial charge in [-0.2, -0.15) is 0 Å². The number of hydrogen-bond acceptors (Lipinski definition) is 5. The van der Waals surface area contributed by atoms with E-state index in [2.05, 4.69) is 27.5 Å². The van der Waals surface area contributed by atoms with Gasteiger partial charge in [-0.25, -0.2) is 4.79 Å². The lowest BCUT2D eigenvalue weighted by Gasteiger charge is -2.32. The smallest absolute Gasteiger partial charge is 0.314 e. The van der Waals surface area contributed by atoms with Crippen molar-refractivity contribution in [2.45, 2.75) is 6.10 Å². The number of benzene rings is 1. The second-order valence-electron chi connectivity index (χ2n) is 5.89. The van der Waals surface area contributed by atoms with Crippen LogP contribution < -0.4 is 10.6 Å². The van der Waals surface area contributed by atoms with E-state index in [9.17, 15) is 15.0 Å². The number of urea groups is 1. The van der Waals surface area contributed by atoms with Crippen molar-refractivity contribution in [2.24, 2.45) is 0 Å². The molecule has 0 spiro atoms. The summed E-state index contributed by atoms with van der Waals surface area (Å²) < 4.78 is 0. The van der Waals surface area contributed by atoms with Crippen LogP contribution in [-0.4, -0.2) is 78.9 Å². The van der Waals surface area contributed by atoms with Crippen molar-refractivity contribution in [3.63, 3.8) is 0 Å². The maximum absolute atomic E-state index is 11.7. The van der Waals surface area contributed by atoms with Gasteiger partial charge in [0.15, 0.2) is 0 Å². The van der Waals surface area contributed by atoms with Crippen molar-refractivity contribution in [3.05, 3.63) is 29.8 Å². The van der Waals surface area contributed by atoms with E-state index in [1.807, 2.05) is 0 Å². The quantitative estimate of drug-likeness (QED) is 0.591. The zero-order chi connectivity index (χ0) is 16.7. The molecule has 2 rings (SSSR count). The van der Waals surface area contributed by atoms with Gasteiger partial charge in [-0.1, -0.05) is 12.1 Å². The van der Waals surface area contributed by atoms with Crippen LogP contribution in [0, 0.1) is 0 Å². The van der Waals surface area contributed by atoms with Gasteiger partial charge in [0.05, 0.1) is 6.10 Å². The molecule has 1 aromatic carbocycles. The molecular weight excluding hydrogens is 296 g/mol. The Morgan fingerprint density at radius 3 is 2.70 bits per heavy atom. The van der Waals surface area contributed by atoms with Crippen molar-refractivity contribution < 1.29 is 15.0 Å². The summed E-state index contributed by atoms with van der Waals surface area (Å²) in [4.78, 5) is 16.3. The van der Waals surface area contributed by atoms with E-state index < -0.39 is 6.10 Å². The van der Waals surface area contributed by atoms with E-state index >= 15 is 0 Å². The Hall–Kier alpha value is -1.83. The standard InChI is InChI=1S/C16H26N4O3/c1-19-7-9-20(10-8-19)6-5-17-16(23)18-12-15(22)13-3-2-4-14(21)11-13/h2-4,11,15,21-22H,5-10,12H2,1H3,(H2,17,18,23)/t15-/m0/s1. The van der Waals surface area contributed by atoms with E-state index in [-0.39, 0.29) is 18.3 Å². The lowest BCUT2D eigenvalue weighted by molar-refractivity contribution is 0.154. The second-order valence-corrected chi connectivity index (χ2v) is 5.89. The molecule has 7 heteroatoms. The highest BCUT2D eigenvalue weighted by molar-refractivity contribution is 5.73. The molecule has 7 nitrogen and oxygen atoms in total. The number of phenols is 1. The first-order chi connectivity index (χ1) is 11.0. The van der Waals surface area contributed by atoms with Gasteiger partial charge in [0.2, 0.25) is 0 Å². The van der Waals surface area contributed by atoms with Crippen LogP contribution in [0.1, 0.15) is 11.7 Å². The molecule has 1 aliphatic heterocycles. The van der Waals surface area contributed by atoms with Crippen LogP contribution >= 0.6 is 0 Å². The van der Waals surface area contributed by atoms with Crippen LogP contribution in [0.3, 0.4) is 0 Å². The van der Waals surface area contributed by atoms with Gasteiger partial charge < -0.3 is 25.7 Å². The predicted octanol–water partition coefficient (Wildman–Crippen LogP) is -0.0278. The maximum Gasteiger partial charge on any atom is 0.314 e. The number of aliphatic hydroxyl groups is 1. The summed E-state index contributed by atoms with van der Waals surface area (Å²) in [5.74, 6) is 0.0955. The van der Waals surface area contributed by atoms with Crippen LogP contribution in [0.5, 0.6) is 5.75 Å². The number of carbonyl (C=O) groups is 1. The minimum Gasteiger partial charge on any atom is -0.508 e. The largest absolute Gasteiger partial charge is 0.508 e. The fourth-order valence-electron chi connectivity index (χ4n) is 2.50.